The molecule has 0 fully saturated rings. The van der Waals surface area contributed by atoms with Crippen LogP contribution in [0.5, 0.6) is 0 Å². The molecule has 0 saturated carbocycles. The van der Waals surface area contributed by atoms with E-state index in [1.54, 1.807) is 7.11 Å². The lowest BCUT2D eigenvalue weighted by Gasteiger charge is -2.10. The van der Waals surface area contributed by atoms with Crippen LogP contribution in [0.1, 0.15) is 26.2 Å². The summed E-state index contributed by atoms with van der Waals surface area (Å²) in [6, 6.07) is -0.364. The van der Waals surface area contributed by atoms with Crippen LogP contribution in [0.15, 0.2) is 0 Å². The van der Waals surface area contributed by atoms with Gasteiger partial charge in [0.15, 0.2) is 0 Å². The second kappa shape index (κ2) is 8.01. The molecule has 4 heteroatoms. The van der Waals surface area contributed by atoms with Crippen LogP contribution < -0.4 is 11.1 Å². The number of unbranched alkanes of at least 4 members (excludes halogenated alkanes) is 1. The van der Waals surface area contributed by atoms with Crippen molar-refractivity contribution in [2.75, 3.05) is 20.3 Å². The third-order valence-electron chi connectivity index (χ3n) is 1.81. The summed E-state index contributed by atoms with van der Waals surface area (Å²) in [7, 11) is 1.60. The fourth-order valence-corrected chi connectivity index (χ4v) is 0.963. The summed E-state index contributed by atoms with van der Waals surface area (Å²) in [6.45, 7) is 3.15. The molecule has 13 heavy (non-hydrogen) atoms. The molecule has 0 bridgehead atoms. The number of hydrogen-bond donors (Lipinski definition) is 2. The molecule has 4 nitrogen and oxygen atoms in total. The molecule has 0 rings (SSSR count). The first-order valence-corrected chi connectivity index (χ1v) is 4.74. The zero-order valence-electron chi connectivity index (χ0n) is 8.51. The van der Waals surface area contributed by atoms with Crippen LogP contribution in [-0.2, 0) is 9.53 Å². The number of carbonyl (C=O) groups excluding carboxylic acids is 1. The second-order valence-electron chi connectivity index (χ2n) is 3.03. The zero-order valence-corrected chi connectivity index (χ0v) is 8.51. The SMILES string of the molecule is CCCC[C@H](N)C(=O)NCCOC. The van der Waals surface area contributed by atoms with Crippen molar-refractivity contribution >= 4 is 5.91 Å². The van der Waals surface area contributed by atoms with Gasteiger partial charge in [0, 0.05) is 13.7 Å². The molecule has 0 radical (unpaired) electrons. The van der Waals surface area contributed by atoms with Gasteiger partial charge in [0.25, 0.3) is 0 Å². The smallest absolute Gasteiger partial charge is 0.236 e. The van der Waals surface area contributed by atoms with Gasteiger partial charge in [-0.25, -0.2) is 0 Å². The van der Waals surface area contributed by atoms with Gasteiger partial charge in [-0.3, -0.25) is 4.79 Å². The number of nitrogens with one attached hydrogen (secondary N) is 1. The van der Waals surface area contributed by atoms with Crippen LogP contribution in [0.3, 0.4) is 0 Å². The average Bonchev–Trinajstić information content (AvgIpc) is 2.14. The van der Waals surface area contributed by atoms with Crippen molar-refractivity contribution in [2.45, 2.75) is 32.2 Å². The zero-order chi connectivity index (χ0) is 10.1. The van der Waals surface area contributed by atoms with Crippen LogP contribution in [0.2, 0.25) is 0 Å². The molecule has 0 aromatic carbocycles. The van der Waals surface area contributed by atoms with Gasteiger partial charge >= 0.3 is 0 Å². The first kappa shape index (κ1) is 12.4. The molecule has 0 unspecified atom stereocenters. The molecule has 1 atom stereocenters. The van der Waals surface area contributed by atoms with Gasteiger partial charge in [0.2, 0.25) is 5.91 Å². The molecule has 0 heterocycles. The molecular formula is C9H20N2O2. The normalized spacial score (nSPS) is 12.5. The molecule has 0 aromatic heterocycles. The third-order valence-corrected chi connectivity index (χ3v) is 1.81. The van der Waals surface area contributed by atoms with Crippen molar-refractivity contribution in [3.05, 3.63) is 0 Å². The van der Waals surface area contributed by atoms with Crippen LogP contribution in [0.4, 0.5) is 0 Å². The molecule has 0 aromatic rings. The van der Waals surface area contributed by atoms with E-state index in [1.165, 1.54) is 0 Å². The highest BCUT2D eigenvalue weighted by Gasteiger charge is 2.10. The lowest BCUT2D eigenvalue weighted by atomic mass is 10.1. The van der Waals surface area contributed by atoms with Crippen molar-refractivity contribution in [2.24, 2.45) is 5.73 Å². The van der Waals surface area contributed by atoms with E-state index in [0.717, 1.165) is 19.3 Å². The molecule has 0 aliphatic heterocycles. The third kappa shape index (κ3) is 6.54. The Morgan fingerprint density at radius 1 is 1.62 bits per heavy atom. The Hall–Kier alpha value is -0.610. The quantitative estimate of drug-likeness (QED) is 0.563. The van der Waals surface area contributed by atoms with E-state index >= 15 is 0 Å². The number of ether oxygens (including phenoxy) is 1. The van der Waals surface area contributed by atoms with Gasteiger partial charge in [-0.15, -0.1) is 0 Å². The standard InChI is InChI=1S/C9H20N2O2/c1-3-4-5-8(10)9(12)11-6-7-13-2/h8H,3-7,10H2,1-2H3,(H,11,12)/t8-/m0/s1. The summed E-state index contributed by atoms with van der Waals surface area (Å²) < 4.78 is 4.80. The molecule has 0 aliphatic carbocycles. The average molecular weight is 188 g/mol. The highest BCUT2D eigenvalue weighted by molar-refractivity contribution is 5.81. The van der Waals surface area contributed by atoms with Crippen molar-refractivity contribution in [1.82, 2.24) is 5.32 Å². The summed E-state index contributed by atoms with van der Waals surface area (Å²) in [5.41, 5.74) is 5.63. The monoisotopic (exact) mass is 188 g/mol. The topological polar surface area (TPSA) is 64.4 Å². The fourth-order valence-electron chi connectivity index (χ4n) is 0.963. The lowest BCUT2D eigenvalue weighted by molar-refractivity contribution is -0.122. The Morgan fingerprint density at radius 3 is 2.85 bits per heavy atom. The largest absolute Gasteiger partial charge is 0.383 e. The van der Waals surface area contributed by atoms with E-state index < -0.39 is 0 Å². The Morgan fingerprint density at radius 2 is 2.31 bits per heavy atom. The number of amides is 1. The Balaban J connectivity index is 3.45. The second-order valence-corrected chi connectivity index (χ2v) is 3.03. The van der Waals surface area contributed by atoms with Crippen molar-refractivity contribution in [3.8, 4) is 0 Å². The number of hydrogen-bond acceptors (Lipinski definition) is 3. The van der Waals surface area contributed by atoms with Gasteiger partial charge in [-0.1, -0.05) is 19.8 Å². The van der Waals surface area contributed by atoms with E-state index in [0.29, 0.717) is 13.2 Å². The van der Waals surface area contributed by atoms with Crippen LogP contribution in [0.25, 0.3) is 0 Å². The van der Waals surface area contributed by atoms with Gasteiger partial charge in [-0.05, 0) is 6.42 Å². The molecule has 3 N–H and O–H groups in total. The van der Waals surface area contributed by atoms with Crippen LogP contribution in [0, 0.1) is 0 Å². The van der Waals surface area contributed by atoms with E-state index in [9.17, 15) is 4.79 Å². The lowest BCUT2D eigenvalue weighted by Crippen LogP contribution is -2.41. The minimum atomic E-state index is -0.364. The number of nitrogens with two attached hydrogens (primary N) is 1. The minimum absolute atomic E-state index is 0.0782. The fraction of sp³-hybridized carbons (Fsp3) is 0.889. The number of methoxy groups -OCH3 is 1. The molecule has 0 aliphatic rings. The maximum atomic E-state index is 11.2. The Kier molecular flexibility index (Phi) is 7.63. The molecule has 0 saturated heterocycles. The van der Waals surface area contributed by atoms with Crippen molar-refractivity contribution < 1.29 is 9.53 Å². The van der Waals surface area contributed by atoms with E-state index in [1.807, 2.05) is 0 Å². The first-order chi connectivity index (χ1) is 6.22. The van der Waals surface area contributed by atoms with Gasteiger partial charge in [0.1, 0.15) is 0 Å². The van der Waals surface area contributed by atoms with E-state index in [2.05, 4.69) is 12.2 Å². The maximum absolute atomic E-state index is 11.2. The Labute approximate surface area is 79.8 Å². The highest BCUT2D eigenvalue weighted by Crippen LogP contribution is 1.97. The van der Waals surface area contributed by atoms with Gasteiger partial charge in [-0.2, -0.15) is 0 Å². The van der Waals surface area contributed by atoms with Crippen LogP contribution >= 0.6 is 0 Å². The summed E-state index contributed by atoms with van der Waals surface area (Å²) in [5, 5.41) is 2.70. The molecule has 78 valence electrons. The van der Waals surface area contributed by atoms with Crippen LogP contribution in [-0.4, -0.2) is 32.2 Å². The minimum Gasteiger partial charge on any atom is -0.383 e. The number of carbonyl (C=O) groups is 1. The molecule has 1 amide bonds. The first-order valence-electron chi connectivity index (χ1n) is 4.74. The van der Waals surface area contributed by atoms with E-state index in [-0.39, 0.29) is 11.9 Å². The van der Waals surface area contributed by atoms with Gasteiger partial charge in [0.05, 0.1) is 12.6 Å². The van der Waals surface area contributed by atoms with E-state index in [4.69, 9.17) is 10.5 Å². The highest BCUT2D eigenvalue weighted by atomic mass is 16.5. The summed E-state index contributed by atoms with van der Waals surface area (Å²) in [6.07, 6.45) is 2.83. The van der Waals surface area contributed by atoms with Crippen molar-refractivity contribution in [1.29, 1.82) is 0 Å². The number of rotatable bonds is 7. The Bertz CT molecular complexity index is 140. The predicted octanol–water partition coefficient (Wildman–Crippen LogP) is 0.267. The summed E-state index contributed by atoms with van der Waals surface area (Å²) in [5.74, 6) is -0.0782. The molecular weight excluding hydrogens is 168 g/mol. The summed E-state index contributed by atoms with van der Waals surface area (Å²) >= 11 is 0. The summed E-state index contributed by atoms with van der Waals surface area (Å²) in [4.78, 5) is 11.2. The predicted molar refractivity (Wildman–Crippen MR) is 52.4 cm³/mol. The van der Waals surface area contributed by atoms with Crippen molar-refractivity contribution in [3.63, 3.8) is 0 Å². The van der Waals surface area contributed by atoms with Gasteiger partial charge < -0.3 is 15.8 Å². The maximum Gasteiger partial charge on any atom is 0.236 e. The molecule has 0 spiro atoms.